The van der Waals surface area contributed by atoms with Gasteiger partial charge in [-0.1, -0.05) is 13.8 Å². The van der Waals surface area contributed by atoms with Crippen molar-refractivity contribution in [1.29, 1.82) is 0 Å². The van der Waals surface area contributed by atoms with Gasteiger partial charge < -0.3 is 21.7 Å². The second-order valence-corrected chi connectivity index (χ2v) is 4.02. The summed E-state index contributed by atoms with van der Waals surface area (Å²) in [5, 5.41) is 17.4. The van der Waals surface area contributed by atoms with Gasteiger partial charge in [-0.2, -0.15) is 0 Å². The number of carbonyl (C=O) groups is 2. The number of hydrogen-bond donors (Lipinski definition) is 4. The van der Waals surface area contributed by atoms with E-state index in [1.807, 2.05) is 13.8 Å². The highest BCUT2D eigenvalue weighted by Crippen LogP contribution is 2.18. The number of carboxylic acids is 2. The minimum atomic E-state index is -1.24. The summed E-state index contributed by atoms with van der Waals surface area (Å²) in [6, 6.07) is -2.48. The zero-order chi connectivity index (χ0) is 12.2. The lowest BCUT2D eigenvalue weighted by Crippen LogP contribution is -2.50. The molecule has 0 aliphatic rings. The molecule has 0 radical (unpaired) electrons. The van der Waals surface area contributed by atoms with E-state index in [0.29, 0.717) is 6.42 Å². The Morgan fingerprint density at radius 3 is 1.60 bits per heavy atom. The van der Waals surface area contributed by atoms with Gasteiger partial charge in [0.25, 0.3) is 0 Å². The Morgan fingerprint density at radius 2 is 1.40 bits per heavy atom. The van der Waals surface area contributed by atoms with Gasteiger partial charge in [-0.3, -0.25) is 9.59 Å². The van der Waals surface area contributed by atoms with Crippen molar-refractivity contribution in [3.63, 3.8) is 0 Å². The van der Waals surface area contributed by atoms with E-state index in [4.69, 9.17) is 21.7 Å². The van der Waals surface area contributed by atoms with Crippen LogP contribution in [0.1, 0.15) is 20.3 Å². The van der Waals surface area contributed by atoms with Crippen molar-refractivity contribution in [2.45, 2.75) is 32.4 Å². The van der Waals surface area contributed by atoms with Crippen LogP contribution in [0, 0.1) is 11.8 Å². The third-order valence-corrected chi connectivity index (χ3v) is 2.24. The molecule has 6 N–H and O–H groups in total. The van der Waals surface area contributed by atoms with Crippen LogP contribution < -0.4 is 11.5 Å². The molecule has 0 bridgehead atoms. The van der Waals surface area contributed by atoms with Crippen molar-refractivity contribution in [3.05, 3.63) is 0 Å². The molecule has 0 aromatic heterocycles. The first kappa shape index (κ1) is 13.9. The molecule has 0 fully saturated rings. The van der Waals surface area contributed by atoms with Crippen LogP contribution in [0.15, 0.2) is 0 Å². The van der Waals surface area contributed by atoms with E-state index in [9.17, 15) is 9.59 Å². The van der Waals surface area contributed by atoms with Crippen molar-refractivity contribution in [3.8, 4) is 0 Å². The van der Waals surface area contributed by atoms with E-state index in [-0.39, 0.29) is 5.92 Å². The Hall–Kier alpha value is -1.14. The van der Waals surface area contributed by atoms with E-state index in [1.54, 1.807) is 0 Å². The highest BCUT2D eigenvalue weighted by Gasteiger charge is 2.33. The lowest BCUT2D eigenvalue weighted by Gasteiger charge is -2.25. The van der Waals surface area contributed by atoms with Crippen LogP contribution in [0.2, 0.25) is 0 Å². The van der Waals surface area contributed by atoms with E-state index in [0.717, 1.165) is 0 Å². The maximum Gasteiger partial charge on any atom is 0.320 e. The lowest BCUT2D eigenvalue weighted by molar-refractivity contribution is -0.143. The number of carboxylic acid groups (broad SMARTS) is 2. The smallest absolute Gasteiger partial charge is 0.320 e. The van der Waals surface area contributed by atoms with Gasteiger partial charge in [0.1, 0.15) is 12.1 Å². The first-order valence-corrected chi connectivity index (χ1v) is 4.74. The number of hydrogen-bond acceptors (Lipinski definition) is 4. The SMILES string of the molecule is CC(C)CC(C(N)C(=O)O)C(N)C(=O)O. The van der Waals surface area contributed by atoms with Crippen molar-refractivity contribution in [2.24, 2.45) is 23.3 Å². The van der Waals surface area contributed by atoms with Gasteiger partial charge >= 0.3 is 11.9 Å². The van der Waals surface area contributed by atoms with Gasteiger partial charge in [0.2, 0.25) is 0 Å². The van der Waals surface area contributed by atoms with Crippen LogP contribution in [0.5, 0.6) is 0 Å². The standard InChI is InChI=1S/C9H18N2O4/c1-4(2)3-5(6(10)8(12)13)7(11)9(14)15/h4-7H,3,10-11H2,1-2H3,(H,12,13)(H,14,15). The highest BCUT2D eigenvalue weighted by atomic mass is 16.4. The summed E-state index contributed by atoms with van der Waals surface area (Å²) in [5.41, 5.74) is 10.8. The van der Waals surface area contributed by atoms with Gasteiger partial charge in [-0.05, 0) is 12.3 Å². The van der Waals surface area contributed by atoms with Gasteiger partial charge in [0.05, 0.1) is 0 Å². The predicted octanol–water partition coefficient (Wildman–Crippen LogP) is -0.527. The Bertz CT molecular complexity index is 222. The lowest BCUT2D eigenvalue weighted by atomic mass is 9.85. The normalized spacial score (nSPS) is 17.1. The molecule has 0 aliphatic heterocycles. The second kappa shape index (κ2) is 5.67. The van der Waals surface area contributed by atoms with Crippen molar-refractivity contribution >= 4 is 11.9 Å². The summed E-state index contributed by atoms with van der Waals surface area (Å²) in [6.45, 7) is 3.71. The van der Waals surface area contributed by atoms with Crippen LogP contribution in [0.25, 0.3) is 0 Å². The minimum absolute atomic E-state index is 0.144. The molecule has 0 heterocycles. The molecule has 0 aliphatic carbocycles. The Kier molecular flexibility index (Phi) is 5.24. The summed E-state index contributed by atoms with van der Waals surface area (Å²) in [6.07, 6.45) is 0.376. The molecular weight excluding hydrogens is 200 g/mol. The molecule has 2 atom stereocenters. The Balaban J connectivity index is 4.71. The minimum Gasteiger partial charge on any atom is -0.480 e. The number of nitrogens with two attached hydrogens (primary N) is 2. The third-order valence-electron chi connectivity index (χ3n) is 2.24. The van der Waals surface area contributed by atoms with Crippen LogP contribution in [0.4, 0.5) is 0 Å². The van der Waals surface area contributed by atoms with E-state index in [2.05, 4.69) is 0 Å². The van der Waals surface area contributed by atoms with E-state index < -0.39 is 29.9 Å². The molecule has 0 saturated heterocycles. The summed E-state index contributed by atoms with van der Waals surface area (Å²) in [5.74, 6) is -3.06. The predicted molar refractivity (Wildman–Crippen MR) is 54.2 cm³/mol. The summed E-state index contributed by atoms with van der Waals surface area (Å²) >= 11 is 0. The van der Waals surface area contributed by atoms with Crippen LogP contribution >= 0.6 is 0 Å². The zero-order valence-electron chi connectivity index (χ0n) is 8.88. The Morgan fingerprint density at radius 1 is 1.07 bits per heavy atom. The number of aliphatic carboxylic acids is 2. The maximum atomic E-state index is 10.7. The Labute approximate surface area is 88.3 Å². The first-order valence-electron chi connectivity index (χ1n) is 4.74. The van der Waals surface area contributed by atoms with Crippen molar-refractivity contribution in [2.75, 3.05) is 0 Å². The second-order valence-electron chi connectivity index (χ2n) is 4.02. The van der Waals surface area contributed by atoms with Crippen molar-refractivity contribution < 1.29 is 19.8 Å². The average Bonchev–Trinajstić information content (AvgIpc) is 2.11. The molecule has 0 amide bonds. The number of rotatable bonds is 6. The topological polar surface area (TPSA) is 127 Å². The first-order chi connectivity index (χ1) is 6.77. The summed E-state index contributed by atoms with van der Waals surface area (Å²) in [4.78, 5) is 21.4. The quantitative estimate of drug-likeness (QED) is 0.474. The largest absolute Gasteiger partial charge is 0.480 e. The van der Waals surface area contributed by atoms with Crippen LogP contribution in [-0.2, 0) is 9.59 Å². The molecule has 15 heavy (non-hydrogen) atoms. The van der Waals surface area contributed by atoms with Crippen LogP contribution in [0.3, 0.4) is 0 Å². The molecule has 0 rings (SSSR count). The monoisotopic (exact) mass is 218 g/mol. The molecule has 2 unspecified atom stereocenters. The van der Waals surface area contributed by atoms with Crippen molar-refractivity contribution in [1.82, 2.24) is 0 Å². The molecule has 0 aromatic rings. The van der Waals surface area contributed by atoms with Gasteiger partial charge in [-0.25, -0.2) is 0 Å². The summed E-state index contributed by atoms with van der Waals surface area (Å²) in [7, 11) is 0. The highest BCUT2D eigenvalue weighted by molar-refractivity contribution is 5.78. The molecule has 0 spiro atoms. The fourth-order valence-electron chi connectivity index (χ4n) is 1.43. The fourth-order valence-corrected chi connectivity index (χ4v) is 1.43. The molecule has 6 nitrogen and oxygen atoms in total. The molecule has 0 aromatic carbocycles. The molecular formula is C9H18N2O4. The average molecular weight is 218 g/mol. The maximum absolute atomic E-state index is 10.7. The van der Waals surface area contributed by atoms with Crippen LogP contribution in [-0.4, -0.2) is 34.2 Å². The molecule has 88 valence electrons. The van der Waals surface area contributed by atoms with Gasteiger partial charge in [0.15, 0.2) is 0 Å². The third kappa shape index (κ3) is 4.26. The van der Waals surface area contributed by atoms with Gasteiger partial charge in [0, 0.05) is 5.92 Å². The fraction of sp³-hybridized carbons (Fsp3) is 0.778. The molecule has 0 saturated carbocycles. The van der Waals surface area contributed by atoms with Gasteiger partial charge in [-0.15, -0.1) is 0 Å². The van der Waals surface area contributed by atoms with E-state index >= 15 is 0 Å². The van der Waals surface area contributed by atoms with E-state index in [1.165, 1.54) is 0 Å². The zero-order valence-corrected chi connectivity index (χ0v) is 8.88. The molecule has 6 heteroatoms. The summed E-state index contributed by atoms with van der Waals surface area (Å²) < 4.78 is 0.